The van der Waals surface area contributed by atoms with Crippen LogP contribution in [0, 0.1) is 11.8 Å². The second-order valence-corrected chi connectivity index (χ2v) is 6.62. The van der Waals surface area contributed by atoms with Crippen LogP contribution in [0.5, 0.6) is 0 Å². The van der Waals surface area contributed by atoms with Crippen LogP contribution in [0.2, 0.25) is 0 Å². The number of carbonyl (C=O) groups is 1. The standard InChI is InChI=1S/C14H26N2O2/c1-14(2,3)18-13(17)12-9-6-4-5-7-10(9)16-11(12)8-15/h9-12,16H,4-8,15H2,1-3H3/t9-,10+,11-,12?/m1/s1. The van der Waals surface area contributed by atoms with Crippen molar-refractivity contribution in [1.29, 1.82) is 0 Å². The SMILES string of the molecule is CC(C)(C)OC(=O)C1[C@@H](CN)N[C@H]2CCCC[C@@H]12. The highest BCUT2D eigenvalue weighted by atomic mass is 16.6. The Morgan fingerprint density at radius 3 is 2.61 bits per heavy atom. The number of fused-ring (bicyclic) bond motifs is 1. The molecule has 4 atom stereocenters. The Bertz CT molecular complexity index is 311. The van der Waals surface area contributed by atoms with Gasteiger partial charge in [0.05, 0.1) is 5.92 Å². The lowest BCUT2D eigenvalue weighted by Gasteiger charge is -2.30. The fourth-order valence-electron chi connectivity index (χ4n) is 3.40. The van der Waals surface area contributed by atoms with E-state index in [9.17, 15) is 4.79 Å². The number of esters is 1. The van der Waals surface area contributed by atoms with Crippen molar-refractivity contribution in [2.75, 3.05) is 6.54 Å². The van der Waals surface area contributed by atoms with E-state index in [1.165, 1.54) is 19.3 Å². The number of nitrogens with one attached hydrogen (secondary N) is 1. The van der Waals surface area contributed by atoms with Gasteiger partial charge < -0.3 is 15.8 Å². The fraction of sp³-hybridized carbons (Fsp3) is 0.929. The van der Waals surface area contributed by atoms with Gasteiger partial charge in [-0.2, -0.15) is 0 Å². The second kappa shape index (κ2) is 5.17. The maximum Gasteiger partial charge on any atom is 0.311 e. The van der Waals surface area contributed by atoms with E-state index in [2.05, 4.69) is 5.32 Å². The van der Waals surface area contributed by atoms with Crippen LogP contribution >= 0.6 is 0 Å². The van der Waals surface area contributed by atoms with Crippen molar-refractivity contribution in [3.05, 3.63) is 0 Å². The quantitative estimate of drug-likeness (QED) is 0.732. The number of hydrogen-bond donors (Lipinski definition) is 2. The highest BCUT2D eigenvalue weighted by Gasteiger charge is 2.48. The maximum atomic E-state index is 12.4. The van der Waals surface area contributed by atoms with Gasteiger partial charge in [0.2, 0.25) is 0 Å². The minimum absolute atomic E-state index is 0.0560. The summed E-state index contributed by atoms with van der Waals surface area (Å²) >= 11 is 0. The van der Waals surface area contributed by atoms with E-state index in [1.807, 2.05) is 20.8 Å². The molecule has 1 heterocycles. The normalized spacial score (nSPS) is 36.2. The largest absolute Gasteiger partial charge is 0.460 e. The lowest BCUT2D eigenvalue weighted by molar-refractivity contribution is -0.162. The van der Waals surface area contributed by atoms with Crippen LogP contribution in [0.15, 0.2) is 0 Å². The summed E-state index contributed by atoms with van der Waals surface area (Å²) in [5.41, 5.74) is 5.40. The van der Waals surface area contributed by atoms with Crippen LogP contribution in [-0.2, 0) is 9.53 Å². The first kappa shape index (κ1) is 13.8. The zero-order valence-corrected chi connectivity index (χ0v) is 11.7. The number of nitrogens with two attached hydrogens (primary N) is 1. The molecule has 1 aliphatic carbocycles. The van der Waals surface area contributed by atoms with Gasteiger partial charge in [0.1, 0.15) is 5.60 Å². The van der Waals surface area contributed by atoms with Crippen molar-refractivity contribution in [1.82, 2.24) is 5.32 Å². The number of ether oxygens (including phenoxy) is 1. The third-order valence-electron chi connectivity index (χ3n) is 4.08. The van der Waals surface area contributed by atoms with E-state index in [-0.39, 0.29) is 17.9 Å². The lowest BCUT2D eigenvalue weighted by atomic mass is 9.78. The molecule has 4 nitrogen and oxygen atoms in total. The zero-order valence-electron chi connectivity index (χ0n) is 11.7. The third-order valence-corrected chi connectivity index (χ3v) is 4.08. The Labute approximate surface area is 110 Å². The summed E-state index contributed by atoms with van der Waals surface area (Å²) < 4.78 is 5.57. The van der Waals surface area contributed by atoms with Crippen molar-refractivity contribution < 1.29 is 9.53 Å². The molecule has 0 aromatic heterocycles. The second-order valence-electron chi connectivity index (χ2n) is 6.62. The highest BCUT2D eigenvalue weighted by molar-refractivity contribution is 5.75. The molecular formula is C14H26N2O2. The van der Waals surface area contributed by atoms with Gasteiger partial charge >= 0.3 is 5.97 Å². The Kier molecular flexibility index (Phi) is 3.97. The van der Waals surface area contributed by atoms with Crippen molar-refractivity contribution >= 4 is 5.97 Å². The molecule has 1 unspecified atom stereocenters. The van der Waals surface area contributed by atoms with Crippen LogP contribution in [0.25, 0.3) is 0 Å². The molecule has 0 aromatic rings. The molecule has 104 valence electrons. The van der Waals surface area contributed by atoms with E-state index in [0.29, 0.717) is 18.5 Å². The van der Waals surface area contributed by atoms with Crippen LogP contribution in [0.1, 0.15) is 46.5 Å². The Morgan fingerprint density at radius 2 is 2.00 bits per heavy atom. The first-order chi connectivity index (χ1) is 8.42. The lowest BCUT2D eigenvalue weighted by Crippen LogP contribution is -2.42. The van der Waals surface area contributed by atoms with Gasteiger partial charge in [-0.15, -0.1) is 0 Å². The topological polar surface area (TPSA) is 64.3 Å². The average molecular weight is 254 g/mol. The van der Waals surface area contributed by atoms with E-state index in [4.69, 9.17) is 10.5 Å². The molecule has 0 amide bonds. The van der Waals surface area contributed by atoms with Gasteiger partial charge in [-0.05, 0) is 39.5 Å². The Morgan fingerprint density at radius 1 is 1.33 bits per heavy atom. The molecule has 2 rings (SSSR count). The molecule has 0 spiro atoms. The number of rotatable bonds is 2. The first-order valence-corrected chi connectivity index (χ1v) is 7.11. The molecule has 4 heteroatoms. The average Bonchev–Trinajstić information content (AvgIpc) is 2.64. The van der Waals surface area contributed by atoms with Crippen LogP contribution in [0.4, 0.5) is 0 Å². The molecule has 1 aliphatic heterocycles. The monoisotopic (exact) mass is 254 g/mol. The van der Waals surface area contributed by atoms with Crippen LogP contribution in [0.3, 0.4) is 0 Å². The zero-order chi connectivity index (χ0) is 13.3. The minimum atomic E-state index is -0.414. The predicted molar refractivity (Wildman–Crippen MR) is 71.1 cm³/mol. The van der Waals surface area contributed by atoms with Crippen molar-refractivity contribution in [2.24, 2.45) is 17.6 Å². The highest BCUT2D eigenvalue weighted by Crippen LogP contribution is 2.38. The molecular weight excluding hydrogens is 228 g/mol. The van der Waals surface area contributed by atoms with Gasteiger partial charge in [0, 0.05) is 18.6 Å². The fourth-order valence-corrected chi connectivity index (χ4v) is 3.40. The molecule has 3 N–H and O–H groups in total. The van der Waals surface area contributed by atoms with Gasteiger partial charge in [-0.1, -0.05) is 12.8 Å². The summed E-state index contributed by atoms with van der Waals surface area (Å²) in [6.45, 7) is 6.27. The molecule has 1 saturated heterocycles. The van der Waals surface area contributed by atoms with Crippen molar-refractivity contribution in [3.63, 3.8) is 0 Å². The Balaban J connectivity index is 2.10. The number of hydrogen-bond acceptors (Lipinski definition) is 4. The van der Waals surface area contributed by atoms with Crippen molar-refractivity contribution in [3.8, 4) is 0 Å². The van der Waals surface area contributed by atoms with Crippen molar-refractivity contribution in [2.45, 2.75) is 64.1 Å². The summed E-state index contributed by atoms with van der Waals surface area (Å²) in [6.07, 6.45) is 4.77. The summed E-state index contributed by atoms with van der Waals surface area (Å²) in [4.78, 5) is 12.4. The van der Waals surface area contributed by atoms with Crippen LogP contribution in [-0.4, -0.2) is 30.2 Å². The van der Waals surface area contributed by atoms with E-state index in [0.717, 1.165) is 6.42 Å². The summed E-state index contributed by atoms with van der Waals surface area (Å²) in [5, 5.41) is 3.53. The molecule has 1 saturated carbocycles. The Hall–Kier alpha value is -0.610. The first-order valence-electron chi connectivity index (χ1n) is 7.11. The number of carbonyl (C=O) groups excluding carboxylic acids is 1. The summed E-state index contributed by atoms with van der Waals surface area (Å²) in [7, 11) is 0. The molecule has 0 radical (unpaired) electrons. The smallest absolute Gasteiger partial charge is 0.311 e. The summed E-state index contributed by atoms with van der Waals surface area (Å²) in [5.74, 6) is 0.293. The van der Waals surface area contributed by atoms with Gasteiger partial charge in [-0.25, -0.2) is 0 Å². The minimum Gasteiger partial charge on any atom is -0.460 e. The van der Waals surface area contributed by atoms with E-state index < -0.39 is 5.60 Å². The van der Waals surface area contributed by atoms with Gasteiger partial charge in [0.15, 0.2) is 0 Å². The third kappa shape index (κ3) is 2.86. The predicted octanol–water partition coefficient (Wildman–Crippen LogP) is 1.43. The molecule has 2 fully saturated rings. The molecule has 2 aliphatic rings. The molecule has 18 heavy (non-hydrogen) atoms. The van der Waals surface area contributed by atoms with E-state index in [1.54, 1.807) is 0 Å². The van der Waals surface area contributed by atoms with Gasteiger partial charge in [-0.3, -0.25) is 4.79 Å². The molecule has 0 aromatic carbocycles. The van der Waals surface area contributed by atoms with E-state index >= 15 is 0 Å². The summed E-state index contributed by atoms with van der Waals surface area (Å²) in [6, 6.07) is 0.553. The van der Waals surface area contributed by atoms with Gasteiger partial charge in [0.25, 0.3) is 0 Å². The molecule has 0 bridgehead atoms. The maximum absolute atomic E-state index is 12.4. The van der Waals surface area contributed by atoms with Crippen LogP contribution < -0.4 is 11.1 Å².